The lowest BCUT2D eigenvalue weighted by Gasteiger charge is -2.15. The molecule has 0 atom stereocenters. The smallest absolute Gasteiger partial charge is 0.276 e. The number of ether oxygens (including phenoxy) is 2. The molecule has 2 aromatic rings. The Balaban J connectivity index is 1.86. The molecule has 0 saturated carbocycles. The molecule has 0 heterocycles. The van der Waals surface area contributed by atoms with Gasteiger partial charge in [-0.3, -0.25) is 25.8 Å². The van der Waals surface area contributed by atoms with Crippen LogP contribution in [0.4, 0.5) is 0 Å². The molecule has 0 spiro atoms. The highest BCUT2D eigenvalue weighted by molar-refractivity contribution is 9.10. The zero-order valence-electron chi connectivity index (χ0n) is 17.7. The van der Waals surface area contributed by atoms with Crippen LogP contribution in [0, 0.1) is 13.8 Å². The van der Waals surface area contributed by atoms with Crippen molar-refractivity contribution in [2.75, 3.05) is 13.2 Å². The van der Waals surface area contributed by atoms with E-state index in [9.17, 15) is 9.59 Å². The first-order chi connectivity index (χ1) is 14.8. The summed E-state index contributed by atoms with van der Waals surface area (Å²) in [6.45, 7) is 6.19. The van der Waals surface area contributed by atoms with E-state index < -0.39 is 11.8 Å². The molecule has 0 aliphatic carbocycles. The molecule has 0 aliphatic heterocycles. The number of halogens is 1. The number of hydrogen-bond acceptors (Lipinski definition) is 5. The minimum Gasteiger partial charge on any atom is -0.493 e. The van der Waals surface area contributed by atoms with Crippen LogP contribution in [0.25, 0.3) is 0 Å². The van der Waals surface area contributed by atoms with Crippen LogP contribution in [0.2, 0.25) is 0 Å². The number of rotatable bonds is 8. The Morgan fingerprint density at radius 3 is 2.45 bits per heavy atom. The van der Waals surface area contributed by atoms with Gasteiger partial charge in [0.2, 0.25) is 0 Å². The topological polar surface area (TPSA) is 88.7 Å². The number of hydrogen-bond donors (Lipinski definition) is 3. The second kappa shape index (κ2) is 12.3. The summed E-state index contributed by atoms with van der Waals surface area (Å²) in [5.41, 5.74) is 7.12. The highest BCUT2D eigenvalue weighted by Crippen LogP contribution is 2.24. The van der Waals surface area contributed by atoms with Gasteiger partial charge in [0.1, 0.15) is 11.5 Å². The van der Waals surface area contributed by atoms with Gasteiger partial charge in [-0.15, -0.1) is 0 Å². The number of hydrazine groups is 1. The van der Waals surface area contributed by atoms with Gasteiger partial charge in [0, 0.05) is 4.47 Å². The number of benzene rings is 2. The van der Waals surface area contributed by atoms with E-state index in [1.54, 1.807) is 18.2 Å². The average molecular weight is 508 g/mol. The molecule has 0 fully saturated rings. The minimum absolute atomic E-state index is 0.0510. The second-order valence-corrected chi connectivity index (χ2v) is 8.13. The van der Waals surface area contributed by atoms with Crippen LogP contribution in [0.1, 0.15) is 41.3 Å². The Morgan fingerprint density at radius 2 is 1.77 bits per heavy atom. The Morgan fingerprint density at radius 1 is 1.06 bits per heavy atom. The van der Waals surface area contributed by atoms with Crippen LogP contribution in [-0.4, -0.2) is 30.1 Å². The maximum absolute atomic E-state index is 12.6. The molecule has 9 heteroatoms. The van der Waals surface area contributed by atoms with E-state index in [4.69, 9.17) is 21.7 Å². The predicted molar refractivity (Wildman–Crippen MR) is 127 cm³/mol. The number of thiocarbonyl (C=S) groups is 1. The van der Waals surface area contributed by atoms with Crippen molar-refractivity contribution < 1.29 is 19.1 Å². The number of nitrogens with one attached hydrogen (secondary N) is 3. The number of amides is 2. The van der Waals surface area contributed by atoms with Crippen molar-refractivity contribution in [1.29, 1.82) is 0 Å². The van der Waals surface area contributed by atoms with Gasteiger partial charge in [0.05, 0.1) is 12.2 Å². The van der Waals surface area contributed by atoms with E-state index in [2.05, 4.69) is 39.0 Å². The summed E-state index contributed by atoms with van der Waals surface area (Å²) in [6, 6.07) is 10.9. The van der Waals surface area contributed by atoms with Gasteiger partial charge in [0.15, 0.2) is 11.7 Å². The monoisotopic (exact) mass is 507 g/mol. The third kappa shape index (κ3) is 7.84. The molecule has 0 bridgehead atoms. The Kier molecular flexibility index (Phi) is 9.74. The van der Waals surface area contributed by atoms with Crippen molar-refractivity contribution in [3.63, 3.8) is 0 Å². The van der Waals surface area contributed by atoms with E-state index >= 15 is 0 Å². The molecular formula is C22H26BrN3O4S. The zero-order chi connectivity index (χ0) is 22.8. The van der Waals surface area contributed by atoms with Crippen LogP contribution in [0.3, 0.4) is 0 Å². The zero-order valence-corrected chi connectivity index (χ0v) is 20.1. The van der Waals surface area contributed by atoms with Gasteiger partial charge in [0.25, 0.3) is 11.8 Å². The highest BCUT2D eigenvalue weighted by Gasteiger charge is 2.15. The standard InChI is InChI=1S/C22H26BrN3O4S/c1-4-5-11-29-18-10-9-16(23)12-17(18)21(28)24-22(31)26-25-19(27)13-30-20-14(2)7-6-8-15(20)3/h6-10,12H,4-5,11,13H2,1-3H3,(H,25,27)(H2,24,26,28,31). The lowest BCUT2D eigenvalue weighted by molar-refractivity contribution is -0.123. The van der Waals surface area contributed by atoms with Crippen molar-refractivity contribution in [3.05, 3.63) is 57.6 Å². The Hall–Kier alpha value is -2.65. The van der Waals surface area contributed by atoms with E-state index in [1.807, 2.05) is 32.0 Å². The van der Waals surface area contributed by atoms with Gasteiger partial charge in [-0.25, -0.2) is 0 Å². The first kappa shape index (κ1) is 24.6. The third-order valence-corrected chi connectivity index (χ3v) is 4.94. The van der Waals surface area contributed by atoms with E-state index in [1.165, 1.54) is 0 Å². The first-order valence-electron chi connectivity index (χ1n) is 9.83. The summed E-state index contributed by atoms with van der Waals surface area (Å²) in [4.78, 5) is 24.7. The van der Waals surface area contributed by atoms with Crippen molar-refractivity contribution in [2.45, 2.75) is 33.6 Å². The van der Waals surface area contributed by atoms with Crippen LogP contribution in [0.15, 0.2) is 40.9 Å². The number of para-hydroxylation sites is 1. The summed E-state index contributed by atoms with van der Waals surface area (Å²) in [6.07, 6.45) is 1.87. The summed E-state index contributed by atoms with van der Waals surface area (Å²) in [7, 11) is 0. The van der Waals surface area contributed by atoms with Crippen molar-refractivity contribution in [3.8, 4) is 11.5 Å². The second-order valence-electron chi connectivity index (χ2n) is 6.81. The van der Waals surface area contributed by atoms with Crippen LogP contribution in [0.5, 0.6) is 11.5 Å². The largest absolute Gasteiger partial charge is 0.493 e. The summed E-state index contributed by atoms with van der Waals surface area (Å²) in [5.74, 6) is 0.235. The Labute approximate surface area is 196 Å². The van der Waals surface area contributed by atoms with Gasteiger partial charge in [-0.05, 0) is 61.8 Å². The maximum atomic E-state index is 12.6. The SMILES string of the molecule is CCCCOc1ccc(Br)cc1C(=O)NC(=S)NNC(=O)COc1c(C)cccc1C. The normalized spacial score (nSPS) is 10.2. The van der Waals surface area contributed by atoms with Gasteiger partial charge >= 0.3 is 0 Å². The van der Waals surface area contributed by atoms with Crippen LogP contribution in [-0.2, 0) is 4.79 Å². The van der Waals surface area contributed by atoms with Gasteiger partial charge in [-0.2, -0.15) is 0 Å². The fourth-order valence-corrected chi connectivity index (χ4v) is 3.17. The molecule has 2 aromatic carbocycles. The molecule has 166 valence electrons. The summed E-state index contributed by atoms with van der Waals surface area (Å²) >= 11 is 8.45. The molecule has 0 unspecified atom stereocenters. The van der Waals surface area contributed by atoms with Crippen molar-refractivity contribution in [2.24, 2.45) is 0 Å². The van der Waals surface area contributed by atoms with Gasteiger partial charge in [-0.1, -0.05) is 47.5 Å². The third-order valence-electron chi connectivity index (χ3n) is 4.24. The molecule has 31 heavy (non-hydrogen) atoms. The molecule has 7 nitrogen and oxygen atoms in total. The predicted octanol–water partition coefficient (Wildman–Crippen LogP) is 3.96. The quantitative estimate of drug-likeness (QED) is 0.284. The fraction of sp³-hybridized carbons (Fsp3) is 0.318. The number of unbranched alkanes of at least 4 members (excludes halogenated alkanes) is 1. The summed E-state index contributed by atoms with van der Waals surface area (Å²) < 4.78 is 12.0. The fourth-order valence-electron chi connectivity index (χ4n) is 2.66. The van der Waals surface area contributed by atoms with E-state index in [-0.39, 0.29) is 11.7 Å². The number of carbonyl (C=O) groups excluding carboxylic acids is 2. The molecule has 0 aromatic heterocycles. The Bertz CT molecular complexity index is 932. The van der Waals surface area contributed by atoms with E-state index in [0.29, 0.717) is 23.7 Å². The molecule has 0 radical (unpaired) electrons. The number of carbonyl (C=O) groups is 2. The number of aryl methyl sites for hydroxylation is 2. The van der Waals surface area contributed by atoms with Crippen molar-refractivity contribution >= 4 is 45.1 Å². The summed E-state index contributed by atoms with van der Waals surface area (Å²) in [5, 5.41) is 2.48. The molecule has 2 rings (SSSR count). The molecular weight excluding hydrogens is 482 g/mol. The average Bonchev–Trinajstić information content (AvgIpc) is 2.73. The lowest BCUT2D eigenvalue weighted by Crippen LogP contribution is -2.49. The first-order valence-corrected chi connectivity index (χ1v) is 11.0. The van der Waals surface area contributed by atoms with Gasteiger partial charge < -0.3 is 9.47 Å². The van der Waals surface area contributed by atoms with Crippen LogP contribution >= 0.6 is 28.1 Å². The van der Waals surface area contributed by atoms with E-state index in [0.717, 1.165) is 28.4 Å². The molecule has 2 amide bonds. The molecule has 0 saturated heterocycles. The maximum Gasteiger partial charge on any atom is 0.276 e. The van der Waals surface area contributed by atoms with Crippen molar-refractivity contribution in [1.82, 2.24) is 16.2 Å². The highest BCUT2D eigenvalue weighted by atomic mass is 79.9. The minimum atomic E-state index is -0.452. The molecule has 0 aliphatic rings. The molecule has 3 N–H and O–H groups in total. The van der Waals surface area contributed by atoms with Crippen LogP contribution < -0.4 is 25.6 Å². The lowest BCUT2D eigenvalue weighted by atomic mass is 10.1.